The maximum Gasteiger partial charge on any atom is 0.472 e. The summed E-state index contributed by atoms with van der Waals surface area (Å²) in [5.74, 6) is -0.807. The van der Waals surface area contributed by atoms with Crippen molar-refractivity contribution in [3.05, 3.63) is 97.2 Å². The molecule has 0 fully saturated rings. The Balaban J connectivity index is 3.86. The van der Waals surface area contributed by atoms with E-state index in [1.165, 1.54) is 103 Å². The molecule has 0 aromatic carbocycles. The first-order chi connectivity index (χ1) is 34.5. The minimum Gasteiger partial charge on any atom is -0.462 e. The summed E-state index contributed by atoms with van der Waals surface area (Å²) in [5, 5.41) is 0. The number of unbranched alkanes of at least 4 members (excludes halogenated alkanes) is 21. The van der Waals surface area contributed by atoms with Crippen LogP contribution >= 0.6 is 7.82 Å². The van der Waals surface area contributed by atoms with Gasteiger partial charge in [-0.2, -0.15) is 0 Å². The summed E-state index contributed by atoms with van der Waals surface area (Å²) in [6, 6.07) is 0. The van der Waals surface area contributed by atoms with E-state index >= 15 is 0 Å². The molecule has 0 saturated heterocycles. The van der Waals surface area contributed by atoms with Crippen molar-refractivity contribution in [3.8, 4) is 0 Å². The fraction of sp³-hybridized carbons (Fsp3) is 0.705. The van der Waals surface area contributed by atoms with Crippen molar-refractivity contribution in [3.63, 3.8) is 0 Å². The number of carbonyl (C=O) groups is 2. The molecule has 0 saturated carbocycles. The van der Waals surface area contributed by atoms with Crippen molar-refractivity contribution < 1.29 is 42.1 Å². The first-order valence-electron chi connectivity index (χ1n) is 28.5. The minimum absolute atomic E-state index is 0.0303. The van der Waals surface area contributed by atoms with Crippen LogP contribution in [0.15, 0.2) is 97.2 Å². The number of hydrogen-bond acceptors (Lipinski definition) is 7. The zero-order valence-corrected chi connectivity index (χ0v) is 47.1. The quantitative estimate of drug-likeness (QED) is 0.0211. The smallest absolute Gasteiger partial charge is 0.462 e. The predicted molar refractivity (Wildman–Crippen MR) is 302 cm³/mol. The lowest BCUT2D eigenvalue weighted by atomic mass is 10.0. The van der Waals surface area contributed by atoms with Gasteiger partial charge in [0.05, 0.1) is 27.7 Å². The van der Waals surface area contributed by atoms with Gasteiger partial charge in [-0.1, -0.05) is 233 Å². The number of likely N-dealkylation sites (N-methyl/N-ethyl adjacent to an activating group) is 1. The summed E-state index contributed by atoms with van der Waals surface area (Å²) < 4.78 is 34.2. The molecule has 10 heteroatoms. The van der Waals surface area contributed by atoms with Gasteiger partial charge >= 0.3 is 19.8 Å². The summed E-state index contributed by atoms with van der Waals surface area (Å²) in [6.45, 7) is 4.24. The molecule has 0 bridgehead atoms. The van der Waals surface area contributed by atoms with Crippen LogP contribution in [0.4, 0.5) is 0 Å². The second-order valence-electron chi connectivity index (χ2n) is 19.9. The van der Waals surface area contributed by atoms with Crippen molar-refractivity contribution >= 4 is 19.8 Å². The Labute approximate surface area is 436 Å². The fourth-order valence-corrected chi connectivity index (χ4v) is 8.24. The normalized spacial score (nSPS) is 14.1. The van der Waals surface area contributed by atoms with Crippen LogP contribution in [-0.4, -0.2) is 74.9 Å². The topological polar surface area (TPSA) is 108 Å². The molecule has 408 valence electrons. The fourth-order valence-electron chi connectivity index (χ4n) is 7.50. The van der Waals surface area contributed by atoms with E-state index in [0.717, 1.165) is 89.9 Å². The molecule has 0 aliphatic carbocycles. The van der Waals surface area contributed by atoms with Gasteiger partial charge in [0.15, 0.2) is 6.10 Å². The summed E-state index contributed by atoms with van der Waals surface area (Å²) in [7, 11) is 1.47. The van der Waals surface area contributed by atoms with Crippen LogP contribution < -0.4 is 0 Å². The molecular weight excluding hydrogens is 906 g/mol. The van der Waals surface area contributed by atoms with Crippen LogP contribution in [0.3, 0.4) is 0 Å². The monoisotopic (exact) mass is 1010 g/mol. The van der Waals surface area contributed by atoms with Gasteiger partial charge in [-0.05, 0) is 77.0 Å². The molecule has 0 spiro atoms. The molecule has 0 radical (unpaired) electrons. The Kier molecular flexibility index (Phi) is 49.6. The third-order valence-corrected chi connectivity index (χ3v) is 12.9. The van der Waals surface area contributed by atoms with E-state index in [0.29, 0.717) is 17.4 Å². The molecule has 0 aromatic rings. The SMILES string of the molecule is CC/C=C\C/C=C\C/C=C\C/C=C\C/C=C\C/C=C\C/C=C\C/C=C\CCCCCCCCCCCCCCCCCCC(=O)OC(COC(=O)CCCCCCCC)COP(=O)(O)OCC[N+](C)(C)C. The first kappa shape index (κ1) is 67.9. The lowest BCUT2D eigenvalue weighted by molar-refractivity contribution is -0.870. The largest absolute Gasteiger partial charge is 0.472 e. The molecule has 0 aliphatic heterocycles. The lowest BCUT2D eigenvalue weighted by Crippen LogP contribution is -2.37. The zero-order chi connectivity index (χ0) is 52.0. The lowest BCUT2D eigenvalue weighted by Gasteiger charge is -2.24. The number of esters is 2. The predicted octanol–water partition coefficient (Wildman–Crippen LogP) is 17.6. The molecule has 1 N–H and O–H groups in total. The van der Waals surface area contributed by atoms with E-state index in [2.05, 4.69) is 111 Å². The minimum atomic E-state index is -4.37. The highest BCUT2D eigenvalue weighted by atomic mass is 31.2. The Hall–Kier alpha value is -3.07. The average Bonchev–Trinajstić information content (AvgIpc) is 3.33. The van der Waals surface area contributed by atoms with Crippen LogP contribution in [0.1, 0.15) is 226 Å². The van der Waals surface area contributed by atoms with E-state index in [1.807, 2.05) is 21.1 Å². The number of quaternary nitrogens is 1. The van der Waals surface area contributed by atoms with Crippen molar-refractivity contribution in [1.82, 2.24) is 0 Å². The number of rotatable bonds is 51. The Morgan fingerprint density at radius 3 is 1.20 bits per heavy atom. The molecule has 0 aromatic heterocycles. The van der Waals surface area contributed by atoms with Gasteiger partial charge in [-0.15, -0.1) is 0 Å². The van der Waals surface area contributed by atoms with Gasteiger partial charge in [0, 0.05) is 12.8 Å². The average molecular weight is 1010 g/mol. The number of phosphoric ester groups is 1. The summed E-state index contributed by atoms with van der Waals surface area (Å²) >= 11 is 0. The maximum absolute atomic E-state index is 12.7. The third kappa shape index (κ3) is 56.1. The Bertz CT molecular complexity index is 1520. The van der Waals surface area contributed by atoms with E-state index in [9.17, 15) is 19.0 Å². The third-order valence-electron chi connectivity index (χ3n) is 11.9. The molecule has 0 aliphatic rings. The number of ether oxygens (including phenoxy) is 2. The van der Waals surface area contributed by atoms with Gasteiger partial charge in [0.25, 0.3) is 0 Å². The summed E-state index contributed by atoms with van der Waals surface area (Å²) in [6.07, 6.45) is 71.1. The number of allylic oxidation sites excluding steroid dienone is 16. The molecule has 71 heavy (non-hydrogen) atoms. The van der Waals surface area contributed by atoms with Crippen LogP contribution in [0.25, 0.3) is 0 Å². The molecule has 0 rings (SSSR count). The van der Waals surface area contributed by atoms with Crippen molar-refractivity contribution in [2.75, 3.05) is 47.5 Å². The number of phosphoric acid groups is 1. The van der Waals surface area contributed by atoms with E-state index in [-0.39, 0.29) is 32.0 Å². The van der Waals surface area contributed by atoms with E-state index in [4.69, 9.17) is 18.5 Å². The van der Waals surface area contributed by atoms with Crippen LogP contribution in [0, 0.1) is 0 Å². The first-order valence-corrected chi connectivity index (χ1v) is 30.0. The number of hydrogen-bond donors (Lipinski definition) is 1. The van der Waals surface area contributed by atoms with Gasteiger partial charge in [-0.25, -0.2) is 4.57 Å². The Morgan fingerprint density at radius 1 is 0.451 bits per heavy atom. The van der Waals surface area contributed by atoms with Crippen molar-refractivity contribution in [2.24, 2.45) is 0 Å². The molecule has 0 amide bonds. The van der Waals surface area contributed by atoms with Gasteiger partial charge in [0.2, 0.25) is 0 Å². The summed E-state index contributed by atoms with van der Waals surface area (Å²) in [4.78, 5) is 35.2. The molecular formula is C61H107NO8P+. The van der Waals surface area contributed by atoms with E-state index in [1.54, 1.807) is 0 Å². The highest BCUT2D eigenvalue weighted by molar-refractivity contribution is 7.47. The standard InChI is InChI=1S/C61H106NO8P/c1-6-8-10-12-14-15-16-17-18-19-20-21-22-23-24-25-26-27-28-29-30-31-32-33-34-35-36-37-38-39-40-41-42-43-44-45-46-47-48-50-52-54-61(64)70-59(57-67-60(63)53-51-49-13-11-9-7-2)58-69-71(65,66)68-56-55-62(3,4)5/h8,10,14-15,17-18,20-21,23-24,26-27,29-30,32-33,59H,6-7,9,11-13,16,19,22,25,28,31,34-58H2,1-5H3/p+1/b10-8-,15-14-,18-17-,21-20-,24-23-,27-26-,30-29-,33-32-. The maximum atomic E-state index is 12.7. The molecule has 2 unspecified atom stereocenters. The summed E-state index contributed by atoms with van der Waals surface area (Å²) in [5.41, 5.74) is 0. The molecule has 9 nitrogen and oxygen atoms in total. The zero-order valence-electron chi connectivity index (χ0n) is 46.2. The molecule has 2 atom stereocenters. The van der Waals surface area contributed by atoms with Crippen LogP contribution in [-0.2, 0) is 32.7 Å². The van der Waals surface area contributed by atoms with Gasteiger partial charge < -0.3 is 18.9 Å². The highest BCUT2D eigenvalue weighted by Crippen LogP contribution is 2.43. The van der Waals surface area contributed by atoms with Crippen molar-refractivity contribution in [1.29, 1.82) is 0 Å². The highest BCUT2D eigenvalue weighted by Gasteiger charge is 2.27. The van der Waals surface area contributed by atoms with Gasteiger partial charge in [-0.3, -0.25) is 18.6 Å². The van der Waals surface area contributed by atoms with Gasteiger partial charge in [0.1, 0.15) is 19.8 Å². The second kappa shape index (κ2) is 51.8. The number of carbonyl (C=O) groups excluding carboxylic acids is 2. The van der Waals surface area contributed by atoms with Crippen LogP contribution in [0.2, 0.25) is 0 Å². The Morgan fingerprint density at radius 2 is 0.803 bits per heavy atom. The second-order valence-corrected chi connectivity index (χ2v) is 21.4. The van der Waals surface area contributed by atoms with E-state index < -0.39 is 26.5 Å². The van der Waals surface area contributed by atoms with Crippen molar-refractivity contribution in [2.45, 2.75) is 232 Å². The van der Waals surface area contributed by atoms with Crippen LogP contribution in [0.5, 0.6) is 0 Å². The molecule has 0 heterocycles. The number of nitrogens with zero attached hydrogens (tertiary/aromatic N) is 1.